The molecule has 0 aliphatic carbocycles. The normalized spacial score (nSPS) is 12.3. The summed E-state index contributed by atoms with van der Waals surface area (Å²) in [5.74, 6) is 1.09. The maximum absolute atomic E-state index is 3.64. The maximum atomic E-state index is 3.64. The molecule has 1 unspecified atom stereocenters. The quantitative estimate of drug-likeness (QED) is 0.538. The second kappa shape index (κ2) is 8.50. The van der Waals surface area contributed by atoms with Crippen LogP contribution in [0.5, 0.6) is 0 Å². The first kappa shape index (κ1) is 15.6. The van der Waals surface area contributed by atoms with Gasteiger partial charge in [0.2, 0.25) is 0 Å². The number of thioether (sulfide) groups is 1. The minimum atomic E-state index is 0.444. The molecule has 2 aromatic rings. The highest BCUT2D eigenvalue weighted by molar-refractivity contribution is 9.10. The van der Waals surface area contributed by atoms with Crippen molar-refractivity contribution in [1.29, 1.82) is 0 Å². The van der Waals surface area contributed by atoms with E-state index < -0.39 is 0 Å². The molecule has 0 aliphatic heterocycles. The summed E-state index contributed by atoms with van der Waals surface area (Å²) in [6.07, 6.45) is 1.11. The van der Waals surface area contributed by atoms with Crippen molar-refractivity contribution in [1.82, 2.24) is 5.32 Å². The van der Waals surface area contributed by atoms with Crippen molar-refractivity contribution in [2.24, 2.45) is 0 Å². The Kier molecular flexibility index (Phi) is 6.64. The number of nitrogens with one attached hydrogen (secondary N) is 1. The lowest BCUT2D eigenvalue weighted by atomic mass is 10.1. The molecule has 106 valence electrons. The Labute approximate surface area is 134 Å². The summed E-state index contributed by atoms with van der Waals surface area (Å²) < 4.78 is 1.13. The molecule has 0 saturated carbocycles. The first-order chi connectivity index (χ1) is 9.79. The zero-order valence-electron chi connectivity index (χ0n) is 11.7. The fraction of sp³-hybridized carbons (Fsp3) is 0.294. The van der Waals surface area contributed by atoms with E-state index in [0.717, 1.165) is 23.2 Å². The molecule has 0 radical (unpaired) electrons. The van der Waals surface area contributed by atoms with E-state index >= 15 is 0 Å². The Morgan fingerprint density at radius 2 is 1.75 bits per heavy atom. The van der Waals surface area contributed by atoms with Crippen LogP contribution in [-0.4, -0.2) is 12.3 Å². The van der Waals surface area contributed by atoms with Crippen molar-refractivity contribution in [2.45, 2.75) is 24.3 Å². The lowest BCUT2D eigenvalue weighted by molar-refractivity contribution is 0.539. The molecule has 3 heteroatoms. The number of benzene rings is 2. The molecule has 0 bridgehead atoms. The van der Waals surface area contributed by atoms with Crippen molar-refractivity contribution in [3.05, 3.63) is 64.6 Å². The van der Waals surface area contributed by atoms with Gasteiger partial charge < -0.3 is 5.32 Å². The van der Waals surface area contributed by atoms with E-state index in [1.54, 1.807) is 0 Å². The minimum absolute atomic E-state index is 0.444. The van der Waals surface area contributed by atoms with Crippen LogP contribution in [0.15, 0.2) is 64.0 Å². The molecule has 0 heterocycles. The molecule has 1 atom stereocenters. The summed E-state index contributed by atoms with van der Waals surface area (Å²) in [6, 6.07) is 19.6. The van der Waals surface area contributed by atoms with Gasteiger partial charge in [-0.2, -0.15) is 0 Å². The van der Waals surface area contributed by atoms with Crippen molar-refractivity contribution in [3.63, 3.8) is 0 Å². The van der Waals surface area contributed by atoms with Crippen molar-refractivity contribution in [3.8, 4) is 0 Å². The van der Waals surface area contributed by atoms with Gasteiger partial charge >= 0.3 is 0 Å². The second-order valence-corrected chi connectivity index (χ2v) is 6.71. The zero-order chi connectivity index (χ0) is 14.2. The monoisotopic (exact) mass is 349 g/mol. The van der Waals surface area contributed by atoms with Gasteiger partial charge in [0.25, 0.3) is 0 Å². The topological polar surface area (TPSA) is 12.0 Å². The molecule has 0 saturated heterocycles. The third kappa shape index (κ3) is 4.97. The van der Waals surface area contributed by atoms with E-state index in [2.05, 4.69) is 82.8 Å². The summed E-state index contributed by atoms with van der Waals surface area (Å²) in [5.41, 5.74) is 1.36. The lowest BCUT2D eigenvalue weighted by Crippen LogP contribution is -2.23. The van der Waals surface area contributed by atoms with E-state index in [1.165, 1.54) is 10.5 Å². The molecular weight excluding hydrogens is 330 g/mol. The molecule has 0 spiro atoms. The zero-order valence-corrected chi connectivity index (χ0v) is 14.1. The Bertz CT molecular complexity index is 498. The molecule has 2 aromatic carbocycles. The van der Waals surface area contributed by atoms with E-state index in [0.29, 0.717) is 6.04 Å². The summed E-state index contributed by atoms with van der Waals surface area (Å²) in [4.78, 5) is 1.34. The van der Waals surface area contributed by atoms with Crippen LogP contribution in [0.2, 0.25) is 0 Å². The predicted molar refractivity (Wildman–Crippen MR) is 92.3 cm³/mol. The van der Waals surface area contributed by atoms with Crippen LogP contribution in [0.1, 0.15) is 24.9 Å². The maximum Gasteiger partial charge on any atom is 0.0317 e. The Morgan fingerprint density at radius 1 is 1.05 bits per heavy atom. The number of halogens is 1. The summed E-state index contributed by atoms with van der Waals surface area (Å²) >= 11 is 5.38. The molecule has 0 fully saturated rings. The molecule has 2 rings (SSSR count). The first-order valence-electron chi connectivity index (χ1n) is 6.96. The Morgan fingerprint density at radius 3 is 2.40 bits per heavy atom. The van der Waals surface area contributed by atoms with Crippen LogP contribution in [0, 0.1) is 0 Å². The van der Waals surface area contributed by atoms with Crippen LogP contribution >= 0.6 is 27.7 Å². The SMILES string of the molecule is CCC(NCCSc1ccccc1)c1ccc(Br)cc1. The lowest BCUT2D eigenvalue weighted by Gasteiger charge is -2.17. The highest BCUT2D eigenvalue weighted by Crippen LogP contribution is 2.20. The van der Waals surface area contributed by atoms with Crippen LogP contribution in [0.25, 0.3) is 0 Å². The predicted octanol–water partition coefficient (Wildman–Crippen LogP) is 5.28. The summed E-state index contributed by atoms with van der Waals surface area (Å²) in [7, 11) is 0. The van der Waals surface area contributed by atoms with Gasteiger partial charge in [0.15, 0.2) is 0 Å². The minimum Gasteiger partial charge on any atom is -0.309 e. The highest BCUT2D eigenvalue weighted by atomic mass is 79.9. The van der Waals surface area contributed by atoms with Gasteiger partial charge in [0, 0.05) is 27.7 Å². The van der Waals surface area contributed by atoms with Crippen molar-refractivity contribution < 1.29 is 0 Å². The third-order valence-electron chi connectivity index (χ3n) is 3.19. The molecule has 0 aliphatic rings. The van der Waals surface area contributed by atoms with Gasteiger partial charge in [0.05, 0.1) is 0 Å². The molecular formula is C17H20BrNS. The summed E-state index contributed by atoms with van der Waals surface area (Å²) in [6.45, 7) is 3.25. The average Bonchev–Trinajstić information content (AvgIpc) is 2.50. The van der Waals surface area contributed by atoms with E-state index in [9.17, 15) is 0 Å². The second-order valence-electron chi connectivity index (χ2n) is 4.63. The number of hydrogen-bond donors (Lipinski definition) is 1. The number of hydrogen-bond acceptors (Lipinski definition) is 2. The van der Waals surface area contributed by atoms with Gasteiger partial charge in [-0.05, 0) is 36.2 Å². The van der Waals surface area contributed by atoms with Crippen molar-refractivity contribution >= 4 is 27.7 Å². The molecule has 20 heavy (non-hydrogen) atoms. The highest BCUT2D eigenvalue weighted by Gasteiger charge is 2.07. The van der Waals surface area contributed by atoms with Gasteiger partial charge in [-0.15, -0.1) is 11.8 Å². The molecule has 1 nitrogen and oxygen atoms in total. The number of rotatable bonds is 7. The average molecular weight is 350 g/mol. The summed E-state index contributed by atoms with van der Waals surface area (Å²) in [5, 5.41) is 3.64. The smallest absolute Gasteiger partial charge is 0.0317 e. The fourth-order valence-corrected chi connectivity index (χ4v) is 3.18. The standard InChI is InChI=1S/C17H20BrNS/c1-2-17(14-8-10-15(18)11-9-14)19-12-13-20-16-6-4-3-5-7-16/h3-11,17,19H,2,12-13H2,1H3. The van der Waals surface area contributed by atoms with E-state index in [4.69, 9.17) is 0 Å². The van der Waals surface area contributed by atoms with Gasteiger partial charge in [-0.25, -0.2) is 0 Å². The van der Waals surface area contributed by atoms with Gasteiger partial charge in [0.1, 0.15) is 0 Å². The van der Waals surface area contributed by atoms with Gasteiger partial charge in [-0.3, -0.25) is 0 Å². The fourth-order valence-electron chi connectivity index (χ4n) is 2.11. The molecule has 0 amide bonds. The van der Waals surface area contributed by atoms with E-state index in [1.807, 2.05) is 11.8 Å². The van der Waals surface area contributed by atoms with Gasteiger partial charge in [-0.1, -0.05) is 53.2 Å². The molecule has 1 N–H and O–H groups in total. The Hall–Kier alpha value is -0.770. The van der Waals surface area contributed by atoms with E-state index in [-0.39, 0.29) is 0 Å². The van der Waals surface area contributed by atoms with Crippen LogP contribution < -0.4 is 5.32 Å². The van der Waals surface area contributed by atoms with Crippen molar-refractivity contribution in [2.75, 3.05) is 12.3 Å². The van der Waals surface area contributed by atoms with Crippen LogP contribution in [-0.2, 0) is 0 Å². The Balaban J connectivity index is 1.78. The first-order valence-corrected chi connectivity index (χ1v) is 8.74. The molecule has 0 aromatic heterocycles. The van der Waals surface area contributed by atoms with Crippen LogP contribution in [0.4, 0.5) is 0 Å². The third-order valence-corrected chi connectivity index (χ3v) is 4.73. The van der Waals surface area contributed by atoms with Crippen LogP contribution in [0.3, 0.4) is 0 Å². The largest absolute Gasteiger partial charge is 0.309 e.